The van der Waals surface area contributed by atoms with E-state index in [-0.39, 0.29) is 5.91 Å². The number of halogens is 1. The highest BCUT2D eigenvalue weighted by molar-refractivity contribution is 6.32. The van der Waals surface area contributed by atoms with Crippen LogP contribution < -0.4 is 14.8 Å². The maximum atomic E-state index is 12.8. The third-order valence-electron chi connectivity index (χ3n) is 5.00. The Labute approximate surface area is 173 Å². The van der Waals surface area contributed by atoms with Crippen molar-refractivity contribution in [2.24, 2.45) is 0 Å². The van der Waals surface area contributed by atoms with Crippen molar-refractivity contribution < 1.29 is 18.8 Å². The van der Waals surface area contributed by atoms with Crippen molar-refractivity contribution in [3.8, 4) is 22.9 Å². The monoisotopic (exact) mass is 413 g/mol. The number of benzene rings is 2. The summed E-state index contributed by atoms with van der Waals surface area (Å²) in [4.78, 5) is 17.3. The van der Waals surface area contributed by atoms with Gasteiger partial charge in [-0.05, 0) is 31.0 Å². The topological polar surface area (TPSA) is 86.5 Å². The number of ether oxygens (including phenoxy) is 2. The summed E-state index contributed by atoms with van der Waals surface area (Å²) in [7, 11) is 3.02. The lowest BCUT2D eigenvalue weighted by Gasteiger charge is -2.20. The van der Waals surface area contributed by atoms with E-state index in [1.807, 2.05) is 6.07 Å². The zero-order valence-electron chi connectivity index (χ0n) is 16.1. The van der Waals surface area contributed by atoms with Gasteiger partial charge in [0.2, 0.25) is 11.7 Å². The highest BCUT2D eigenvalue weighted by atomic mass is 35.5. The van der Waals surface area contributed by atoms with E-state index in [1.165, 1.54) is 20.6 Å². The normalized spacial score (nSPS) is 13.6. The van der Waals surface area contributed by atoms with Crippen LogP contribution in [0.15, 0.2) is 40.9 Å². The Morgan fingerprint density at radius 2 is 1.97 bits per heavy atom. The Bertz CT molecular complexity index is 1050. The fraction of sp³-hybridized carbons (Fsp3) is 0.286. The van der Waals surface area contributed by atoms with Crippen LogP contribution in [0.1, 0.15) is 41.4 Å². The summed E-state index contributed by atoms with van der Waals surface area (Å²) in [5.74, 6) is 2.09. The highest BCUT2D eigenvalue weighted by Crippen LogP contribution is 2.37. The van der Waals surface area contributed by atoms with Gasteiger partial charge in [-0.2, -0.15) is 4.98 Å². The third-order valence-corrected chi connectivity index (χ3v) is 5.30. The Morgan fingerprint density at radius 1 is 1.17 bits per heavy atom. The summed E-state index contributed by atoms with van der Waals surface area (Å²) in [6.07, 6.45) is 3.35. The summed E-state index contributed by atoms with van der Waals surface area (Å²) in [6.45, 7) is 0. The van der Waals surface area contributed by atoms with E-state index in [0.717, 1.165) is 12.8 Å². The molecule has 1 N–H and O–H groups in total. The number of hydrogen-bond acceptors (Lipinski definition) is 6. The van der Waals surface area contributed by atoms with Gasteiger partial charge in [0.05, 0.1) is 24.9 Å². The molecular formula is C21H20ClN3O4. The van der Waals surface area contributed by atoms with Crippen LogP contribution in [0.4, 0.5) is 5.69 Å². The second-order valence-corrected chi connectivity index (χ2v) is 7.21. The molecule has 1 heterocycles. The molecule has 4 rings (SSSR count). The number of carbonyl (C=O) groups is 1. The molecule has 1 aromatic heterocycles. The molecule has 0 saturated heterocycles. The van der Waals surface area contributed by atoms with Gasteiger partial charge in [0.1, 0.15) is 11.5 Å². The minimum Gasteiger partial charge on any atom is -0.495 e. The molecule has 3 aromatic rings. The molecule has 0 atom stereocenters. The Morgan fingerprint density at radius 3 is 2.66 bits per heavy atom. The lowest BCUT2D eigenvalue weighted by molar-refractivity contribution is 0.102. The summed E-state index contributed by atoms with van der Waals surface area (Å²) in [5, 5.41) is 7.25. The standard InChI is InChI=1S/C21H20ClN3O4/c1-27-17-11-18(28-2)16(10-15(17)22)23-20(26)14-8-4-7-13(9-14)19-24-21(29-25-19)12-5-3-6-12/h4,7-12H,3,5-6H2,1-2H3,(H,23,26). The number of nitrogens with one attached hydrogen (secondary N) is 1. The van der Waals surface area contributed by atoms with Gasteiger partial charge in [0, 0.05) is 23.1 Å². The molecule has 1 aliphatic rings. The molecule has 0 bridgehead atoms. The summed E-state index contributed by atoms with van der Waals surface area (Å²) >= 11 is 6.18. The van der Waals surface area contributed by atoms with Crippen molar-refractivity contribution in [1.29, 1.82) is 0 Å². The van der Waals surface area contributed by atoms with E-state index in [4.69, 9.17) is 25.6 Å². The fourth-order valence-electron chi connectivity index (χ4n) is 3.13. The first-order valence-electron chi connectivity index (χ1n) is 9.26. The Balaban J connectivity index is 1.56. The van der Waals surface area contributed by atoms with E-state index >= 15 is 0 Å². The zero-order chi connectivity index (χ0) is 20.4. The van der Waals surface area contributed by atoms with Gasteiger partial charge in [-0.15, -0.1) is 0 Å². The summed E-state index contributed by atoms with van der Waals surface area (Å²) < 4.78 is 15.9. The maximum absolute atomic E-state index is 12.8. The molecule has 1 amide bonds. The number of carbonyl (C=O) groups excluding carboxylic acids is 1. The van der Waals surface area contributed by atoms with E-state index in [1.54, 1.807) is 30.3 Å². The minimum atomic E-state index is -0.311. The number of methoxy groups -OCH3 is 2. The molecule has 7 nitrogen and oxygen atoms in total. The molecule has 0 aliphatic heterocycles. The molecular weight excluding hydrogens is 394 g/mol. The van der Waals surface area contributed by atoms with E-state index in [0.29, 0.717) is 51.0 Å². The lowest BCUT2D eigenvalue weighted by Crippen LogP contribution is -2.13. The maximum Gasteiger partial charge on any atom is 0.255 e. The van der Waals surface area contributed by atoms with Crippen LogP contribution in [-0.4, -0.2) is 30.3 Å². The van der Waals surface area contributed by atoms with E-state index in [9.17, 15) is 4.79 Å². The number of hydrogen-bond donors (Lipinski definition) is 1. The highest BCUT2D eigenvalue weighted by Gasteiger charge is 2.25. The van der Waals surface area contributed by atoms with Crippen LogP contribution in [0.2, 0.25) is 5.02 Å². The van der Waals surface area contributed by atoms with Crippen molar-refractivity contribution in [3.63, 3.8) is 0 Å². The molecule has 1 aliphatic carbocycles. The van der Waals surface area contributed by atoms with Crippen LogP contribution in [-0.2, 0) is 0 Å². The molecule has 29 heavy (non-hydrogen) atoms. The van der Waals surface area contributed by atoms with Gasteiger partial charge in [-0.1, -0.05) is 35.3 Å². The zero-order valence-corrected chi connectivity index (χ0v) is 16.8. The second kappa shape index (κ2) is 8.13. The van der Waals surface area contributed by atoms with Crippen LogP contribution in [0, 0.1) is 0 Å². The first-order chi connectivity index (χ1) is 14.1. The van der Waals surface area contributed by atoms with Crippen LogP contribution >= 0.6 is 11.6 Å². The summed E-state index contributed by atoms with van der Waals surface area (Å²) in [6, 6.07) is 10.3. The predicted molar refractivity (Wildman–Crippen MR) is 109 cm³/mol. The molecule has 0 radical (unpaired) electrons. The lowest BCUT2D eigenvalue weighted by atomic mass is 9.85. The van der Waals surface area contributed by atoms with Gasteiger partial charge in [-0.3, -0.25) is 4.79 Å². The van der Waals surface area contributed by atoms with Crippen molar-refractivity contribution in [1.82, 2.24) is 10.1 Å². The Kier molecular flexibility index (Phi) is 5.40. The van der Waals surface area contributed by atoms with Gasteiger partial charge in [0.15, 0.2) is 0 Å². The Hall–Kier alpha value is -3.06. The fourth-order valence-corrected chi connectivity index (χ4v) is 3.37. The largest absolute Gasteiger partial charge is 0.495 e. The third kappa shape index (κ3) is 3.91. The SMILES string of the molecule is COc1cc(OC)c(NC(=O)c2cccc(-c3noc(C4CCC4)n3)c2)cc1Cl. The average Bonchev–Trinajstić information content (AvgIpc) is 3.16. The molecule has 1 saturated carbocycles. The van der Waals surface area contributed by atoms with Gasteiger partial charge in [-0.25, -0.2) is 0 Å². The van der Waals surface area contributed by atoms with Gasteiger partial charge in [0.25, 0.3) is 5.91 Å². The molecule has 2 aromatic carbocycles. The molecule has 1 fully saturated rings. The number of rotatable bonds is 6. The number of nitrogens with zero attached hydrogens (tertiary/aromatic N) is 2. The predicted octanol–water partition coefficient (Wildman–Crippen LogP) is 4.93. The molecule has 8 heteroatoms. The van der Waals surface area contributed by atoms with Crippen molar-refractivity contribution in [2.45, 2.75) is 25.2 Å². The average molecular weight is 414 g/mol. The smallest absolute Gasteiger partial charge is 0.255 e. The molecule has 150 valence electrons. The van der Waals surface area contributed by atoms with E-state index in [2.05, 4.69) is 15.5 Å². The molecule has 0 spiro atoms. The van der Waals surface area contributed by atoms with Gasteiger partial charge < -0.3 is 19.3 Å². The van der Waals surface area contributed by atoms with Crippen LogP contribution in [0.3, 0.4) is 0 Å². The number of amides is 1. The first-order valence-corrected chi connectivity index (χ1v) is 9.63. The van der Waals surface area contributed by atoms with Crippen LogP contribution in [0.25, 0.3) is 11.4 Å². The second-order valence-electron chi connectivity index (χ2n) is 6.81. The number of aromatic nitrogens is 2. The summed E-state index contributed by atoms with van der Waals surface area (Å²) in [5.41, 5.74) is 1.61. The quantitative estimate of drug-likeness (QED) is 0.616. The van der Waals surface area contributed by atoms with Crippen LogP contribution in [0.5, 0.6) is 11.5 Å². The van der Waals surface area contributed by atoms with E-state index < -0.39 is 0 Å². The number of anilines is 1. The van der Waals surface area contributed by atoms with Crippen molar-refractivity contribution in [2.75, 3.05) is 19.5 Å². The minimum absolute atomic E-state index is 0.311. The van der Waals surface area contributed by atoms with Gasteiger partial charge >= 0.3 is 0 Å². The van der Waals surface area contributed by atoms with Crippen molar-refractivity contribution in [3.05, 3.63) is 52.9 Å². The van der Waals surface area contributed by atoms with Crippen molar-refractivity contribution >= 4 is 23.2 Å². The molecule has 0 unspecified atom stereocenters. The first kappa shape index (κ1) is 19.3.